The number of anilines is 1. The van der Waals surface area contributed by atoms with Crippen molar-refractivity contribution in [3.05, 3.63) is 17.6 Å². The molecule has 1 amide bonds. The number of carboxylic acids is 1. The van der Waals surface area contributed by atoms with Crippen LogP contribution >= 0.6 is 0 Å². The van der Waals surface area contributed by atoms with Gasteiger partial charge >= 0.3 is 5.97 Å². The summed E-state index contributed by atoms with van der Waals surface area (Å²) in [5.74, 6) is 0.754. The second-order valence-corrected chi connectivity index (χ2v) is 7.71. The van der Waals surface area contributed by atoms with Crippen molar-refractivity contribution in [2.24, 2.45) is 5.41 Å². The van der Waals surface area contributed by atoms with E-state index in [1.807, 2.05) is 13.1 Å². The van der Waals surface area contributed by atoms with Crippen molar-refractivity contribution in [2.45, 2.75) is 58.9 Å². The molecule has 0 bridgehead atoms. The number of carbonyl (C=O) groups is 2. The van der Waals surface area contributed by atoms with E-state index < -0.39 is 12.0 Å². The third-order valence-corrected chi connectivity index (χ3v) is 5.80. The van der Waals surface area contributed by atoms with Crippen LogP contribution in [0.5, 0.6) is 0 Å². The van der Waals surface area contributed by atoms with Crippen LogP contribution in [-0.2, 0) is 16.0 Å². The van der Waals surface area contributed by atoms with Crippen molar-refractivity contribution in [3.63, 3.8) is 0 Å². The van der Waals surface area contributed by atoms with Gasteiger partial charge in [0.05, 0.1) is 0 Å². The van der Waals surface area contributed by atoms with E-state index in [-0.39, 0.29) is 11.3 Å². The highest BCUT2D eigenvalue weighted by atomic mass is 16.4. The third kappa shape index (κ3) is 3.52. The number of amides is 1. The number of hydrogen-bond acceptors (Lipinski definition) is 5. The maximum Gasteiger partial charge on any atom is 0.326 e. The lowest BCUT2D eigenvalue weighted by molar-refractivity contribution is -0.147. The third-order valence-electron chi connectivity index (χ3n) is 5.80. The summed E-state index contributed by atoms with van der Waals surface area (Å²) in [5.41, 5.74) is 1.09. The van der Waals surface area contributed by atoms with Gasteiger partial charge in [-0.15, -0.1) is 0 Å². The molecule has 7 nitrogen and oxygen atoms in total. The molecule has 2 aliphatic rings. The van der Waals surface area contributed by atoms with E-state index in [1.165, 1.54) is 17.4 Å². The van der Waals surface area contributed by atoms with Crippen LogP contribution in [0.3, 0.4) is 0 Å². The number of aliphatic carboxylic acids is 1. The van der Waals surface area contributed by atoms with E-state index in [9.17, 15) is 14.7 Å². The molecule has 2 fully saturated rings. The molecule has 1 spiro atoms. The topological polar surface area (TPSA) is 86.6 Å². The molecule has 1 atom stereocenters. The van der Waals surface area contributed by atoms with E-state index in [0.717, 1.165) is 50.4 Å². The number of carboxylic acid groups (broad SMARTS) is 1. The molecule has 0 aliphatic carbocycles. The second kappa shape index (κ2) is 7.21. The number of likely N-dealkylation sites (tertiary alicyclic amines) is 1. The molecule has 3 rings (SSSR count). The summed E-state index contributed by atoms with van der Waals surface area (Å²) < 4.78 is 0. The minimum absolute atomic E-state index is 0.0851. The molecule has 1 unspecified atom stereocenters. The largest absolute Gasteiger partial charge is 0.480 e. The highest BCUT2D eigenvalue weighted by Gasteiger charge is 2.49. The smallest absolute Gasteiger partial charge is 0.326 e. The number of aryl methyl sites for hydroxylation is 2. The first kappa shape index (κ1) is 18.6. The summed E-state index contributed by atoms with van der Waals surface area (Å²) >= 11 is 0. The van der Waals surface area contributed by atoms with E-state index in [0.29, 0.717) is 13.0 Å². The first-order valence-corrected chi connectivity index (χ1v) is 9.43. The Morgan fingerprint density at radius 1 is 1.35 bits per heavy atom. The molecule has 1 N–H and O–H groups in total. The van der Waals surface area contributed by atoms with Gasteiger partial charge in [-0.2, -0.15) is 0 Å². The highest BCUT2D eigenvalue weighted by Crippen LogP contribution is 2.44. The normalized spacial score (nSPS) is 22.0. The zero-order valence-corrected chi connectivity index (χ0v) is 15.9. The van der Waals surface area contributed by atoms with Gasteiger partial charge in [0, 0.05) is 38.3 Å². The summed E-state index contributed by atoms with van der Waals surface area (Å²) in [7, 11) is 0. The first-order valence-electron chi connectivity index (χ1n) is 9.43. The molecule has 2 saturated heterocycles. The van der Waals surface area contributed by atoms with E-state index >= 15 is 0 Å². The maximum atomic E-state index is 11.9. The second-order valence-electron chi connectivity index (χ2n) is 7.71. The molecular formula is C19H28N4O3. The molecule has 7 heteroatoms. The van der Waals surface area contributed by atoms with E-state index in [2.05, 4.69) is 21.8 Å². The van der Waals surface area contributed by atoms with Crippen LogP contribution in [0.1, 0.15) is 50.9 Å². The predicted octanol–water partition coefficient (Wildman–Crippen LogP) is 2.03. The molecule has 2 aliphatic heterocycles. The van der Waals surface area contributed by atoms with Gasteiger partial charge in [0.15, 0.2) is 0 Å². The lowest BCUT2D eigenvalue weighted by Gasteiger charge is -2.40. The Morgan fingerprint density at radius 3 is 2.58 bits per heavy atom. The van der Waals surface area contributed by atoms with Crippen LogP contribution in [0.2, 0.25) is 0 Å². The Labute approximate surface area is 154 Å². The summed E-state index contributed by atoms with van der Waals surface area (Å²) in [5, 5.41) is 9.48. The Morgan fingerprint density at radius 2 is 2.04 bits per heavy atom. The molecule has 1 aromatic rings. The Kier molecular flexibility index (Phi) is 5.16. The Bertz CT molecular complexity index is 674. The van der Waals surface area contributed by atoms with Crippen molar-refractivity contribution < 1.29 is 14.7 Å². The van der Waals surface area contributed by atoms with E-state index in [4.69, 9.17) is 0 Å². The van der Waals surface area contributed by atoms with Gasteiger partial charge < -0.3 is 14.9 Å². The summed E-state index contributed by atoms with van der Waals surface area (Å²) in [6.45, 7) is 7.75. The standard InChI is InChI=1S/C19H28N4O3/c1-4-5-15-11-20-13(2)21-17(15)22-8-6-19(7-9-22)10-16(18(25)26)23(12-19)14(3)24/h11,16H,4-10,12H2,1-3H3,(H,25,26). The number of carbonyl (C=O) groups excluding carboxylic acids is 1. The number of aromatic nitrogens is 2. The van der Waals surface area contributed by atoms with Crippen LogP contribution in [0, 0.1) is 12.3 Å². The van der Waals surface area contributed by atoms with Crippen molar-refractivity contribution in [1.82, 2.24) is 14.9 Å². The summed E-state index contributed by atoms with van der Waals surface area (Å²) in [4.78, 5) is 36.3. The fraction of sp³-hybridized carbons (Fsp3) is 0.684. The van der Waals surface area contributed by atoms with Crippen molar-refractivity contribution in [1.29, 1.82) is 0 Å². The molecule has 0 radical (unpaired) electrons. The Hall–Kier alpha value is -2.18. The molecule has 142 valence electrons. The van der Waals surface area contributed by atoms with Crippen LogP contribution < -0.4 is 4.90 Å². The van der Waals surface area contributed by atoms with Gasteiger partial charge in [0.2, 0.25) is 5.91 Å². The van der Waals surface area contributed by atoms with Crippen LogP contribution in [0.15, 0.2) is 6.20 Å². The van der Waals surface area contributed by atoms with Gasteiger partial charge in [0.1, 0.15) is 17.7 Å². The molecular weight excluding hydrogens is 332 g/mol. The van der Waals surface area contributed by atoms with Crippen LogP contribution in [0.4, 0.5) is 5.82 Å². The molecule has 3 heterocycles. The van der Waals surface area contributed by atoms with Crippen molar-refractivity contribution in [3.8, 4) is 0 Å². The first-order chi connectivity index (χ1) is 12.3. The number of rotatable bonds is 4. The summed E-state index contributed by atoms with van der Waals surface area (Å²) in [6.07, 6.45) is 6.26. The van der Waals surface area contributed by atoms with Crippen LogP contribution in [0.25, 0.3) is 0 Å². The van der Waals surface area contributed by atoms with Gasteiger partial charge in [0.25, 0.3) is 0 Å². The average Bonchev–Trinajstić information content (AvgIpc) is 2.97. The van der Waals surface area contributed by atoms with Gasteiger partial charge in [-0.3, -0.25) is 4.79 Å². The summed E-state index contributed by atoms with van der Waals surface area (Å²) in [6, 6.07) is -0.684. The Balaban J connectivity index is 1.75. The fourth-order valence-corrected chi connectivity index (χ4v) is 4.37. The quantitative estimate of drug-likeness (QED) is 0.884. The molecule has 0 saturated carbocycles. The number of piperidine rings is 1. The molecule has 1 aromatic heterocycles. The number of hydrogen-bond donors (Lipinski definition) is 1. The zero-order chi connectivity index (χ0) is 18.9. The maximum absolute atomic E-state index is 11.9. The molecule has 0 aromatic carbocycles. The highest BCUT2D eigenvalue weighted by molar-refractivity contribution is 5.83. The monoisotopic (exact) mass is 360 g/mol. The average molecular weight is 360 g/mol. The van der Waals surface area contributed by atoms with Crippen LogP contribution in [-0.4, -0.2) is 57.5 Å². The van der Waals surface area contributed by atoms with Gasteiger partial charge in [-0.05, 0) is 38.0 Å². The lowest BCUT2D eigenvalue weighted by atomic mass is 9.76. The predicted molar refractivity (Wildman–Crippen MR) is 98.1 cm³/mol. The van der Waals surface area contributed by atoms with E-state index in [1.54, 1.807) is 0 Å². The van der Waals surface area contributed by atoms with Gasteiger partial charge in [-0.25, -0.2) is 14.8 Å². The molecule has 26 heavy (non-hydrogen) atoms. The fourth-order valence-electron chi connectivity index (χ4n) is 4.37. The van der Waals surface area contributed by atoms with Crippen molar-refractivity contribution in [2.75, 3.05) is 24.5 Å². The minimum Gasteiger partial charge on any atom is -0.480 e. The minimum atomic E-state index is -0.892. The zero-order valence-electron chi connectivity index (χ0n) is 15.9. The lowest BCUT2D eigenvalue weighted by Crippen LogP contribution is -2.43. The van der Waals surface area contributed by atoms with Crippen molar-refractivity contribution >= 4 is 17.7 Å². The number of nitrogens with zero attached hydrogens (tertiary/aromatic N) is 4. The SMILES string of the molecule is CCCc1cnc(C)nc1N1CCC2(CC1)CC(C(=O)O)N(C(C)=O)C2. The van der Waals surface area contributed by atoms with Gasteiger partial charge in [-0.1, -0.05) is 13.3 Å².